The number of nitrogens with two attached hydrogens (primary N) is 1. The van der Waals surface area contributed by atoms with Gasteiger partial charge in [0.25, 0.3) is 0 Å². The predicted molar refractivity (Wildman–Crippen MR) is 85.8 cm³/mol. The van der Waals surface area contributed by atoms with Gasteiger partial charge >= 0.3 is 0 Å². The largest absolute Gasteiger partial charge is 0.330 e. The van der Waals surface area contributed by atoms with Gasteiger partial charge in [0.2, 0.25) is 5.91 Å². The Labute approximate surface area is 130 Å². The first-order valence-electron chi connectivity index (χ1n) is 7.43. The summed E-state index contributed by atoms with van der Waals surface area (Å²) in [5.41, 5.74) is 8.06. The molecule has 0 bridgehead atoms. The third-order valence-electron chi connectivity index (χ3n) is 3.98. The third kappa shape index (κ3) is 2.92. The van der Waals surface area contributed by atoms with Gasteiger partial charge in [0.15, 0.2) is 0 Å². The normalized spacial score (nSPS) is 19.0. The van der Waals surface area contributed by atoms with Crippen LogP contribution >= 0.6 is 0 Å². The first-order valence-corrected chi connectivity index (χ1v) is 7.43. The quantitative estimate of drug-likeness (QED) is 0.885. The van der Waals surface area contributed by atoms with E-state index in [9.17, 15) is 4.79 Å². The molecule has 22 heavy (non-hydrogen) atoms. The van der Waals surface area contributed by atoms with E-state index >= 15 is 0 Å². The second-order valence-corrected chi connectivity index (χ2v) is 5.39. The van der Waals surface area contributed by atoms with Crippen molar-refractivity contribution in [3.63, 3.8) is 0 Å². The number of rotatable bonds is 3. The van der Waals surface area contributed by atoms with Crippen LogP contribution in [-0.4, -0.2) is 22.3 Å². The van der Waals surface area contributed by atoms with Crippen molar-refractivity contribution in [1.82, 2.24) is 9.88 Å². The highest BCUT2D eigenvalue weighted by molar-refractivity contribution is 5.83. The van der Waals surface area contributed by atoms with Crippen LogP contribution in [0, 0.1) is 0 Å². The van der Waals surface area contributed by atoms with Crippen molar-refractivity contribution < 1.29 is 4.79 Å². The zero-order chi connectivity index (χ0) is 15.4. The Hall–Kier alpha value is -2.46. The highest BCUT2D eigenvalue weighted by Crippen LogP contribution is 2.29. The minimum Gasteiger partial charge on any atom is -0.330 e. The molecule has 0 aliphatic carbocycles. The van der Waals surface area contributed by atoms with Gasteiger partial charge < -0.3 is 10.6 Å². The molecule has 2 unspecified atom stereocenters. The second kappa shape index (κ2) is 6.54. The molecular formula is C18H19N3O. The van der Waals surface area contributed by atoms with Gasteiger partial charge in [0.1, 0.15) is 6.04 Å². The summed E-state index contributed by atoms with van der Waals surface area (Å²) >= 11 is 0. The summed E-state index contributed by atoms with van der Waals surface area (Å²) in [5, 5.41) is 0. The molecule has 0 fully saturated rings. The molecule has 1 aliphatic heterocycles. The predicted octanol–water partition coefficient (Wildman–Crippen LogP) is 2.61. The zero-order valence-corrected chi connectivity index (χ0v) is 12.3. The van der Waals surface area contributed by atoms with E-state index in [1.54, 1.807) is 6.20 Å². The lowest BCUT2D eigenvalue weighted by Crippen LogP contribution is -2.42. The topological polar surface area (TPSA) is 59.2 Å². The van der Waals surface area contributed by atoms with E-state index in [4.69, 9.17) is 5.73 Å². The Morgan fingerprint density at radius 2 is 2.00 bits per heavy atom. The Morgan fingerprint density at radius 1 is 1.18 bits per heavy atom. The lowest BCUT2D eigenvalue weighted by Gasteiger charge is -2.35. The summed E-state index contributed by atoms with van der Waals surface area (Å²) < 4.78 is 0. The van der Waals surface area contributed by atoms with E-state index in [0.717, 1.165) is 17.5 Å². The number of pyridine rings is 1. The number of carbonyl (C=O) groups is 1. The van der Waals surface area contributed by atoms with E-state index in [1.807, 2.05) is 59.6 Å². The molecule has 4 nitrogen and oxygen atoms in total. The van der Waals surface area contributed by atoms with Crippen molar-refractivity contribution >= 4 is 5.91 Å². The maximum atomic E-state index is 12.8. The zero-order valence-electron chi connectivity index (χ0n) is 12.3. The molecule has 1 aromatic heterocycles. The van der Waals surface area contributed by atoms with Gasteiger partial charge in [-0.25, -0.2) is 0 Å². The molecule has 1 aliphatic rings. The standard InChI is InChI=1S/C18H19N3O/c19-17(14-7-2-1-3-8-14)18(22)21-12-5-4-10-16(21)15-9-6-11-20-13-15/h1-9,11,13,16-17H,10,12,19H2. The van der Waals surface area contributed by atoms with Gasteiger partial charge in [0.05, 0.1) is 6.04 Å². The van der Waals surface area contributed by atoms with E-state index in [-0.39, 0.29) is 11.9 Å². The van der Waals surface area contributed by atoms with Crippen molar-refractivity contribution in [2.45, 2.75) is 18.5 Å². The molecule has 0 spiro atoms. The SMILES string of the molecule is NC(C(=O)N1CC=CCC1c1cccnc1)c1ccccc1. The molecule has 0 radical (unpaired) electrons. The van der Waals surface area contributed by atoms with Crippen LogP contribution in [0.15, 0.2) is 67.0 Å². The van der Waals surface area contributed by atoms with E-state index in [0.29, 0.717) is 6.54 Å². The third-order valence-corrected chi connectivity index (χ3v) is 3.98. The Balaban J connectivity index is 1.85. The van der Waals surface area contributed by atoms with Crippen LogP contribution in [0.2, 0.25) is 0 Å². The minimum atomic E-state index is -0.633. The molecule has 112 valence electrons. The number of aromatic nitrogens is 1. The molecule has 0 saturated carbocycles. The fourth-order valence-corrected chi connectivity index (χ4v) is 2.78. The number of amides is 1. The van der Waals surface area contributed by atoms with E-state index in [1.165, 1.54) is 0 Å². The van der Waals surface area contributed by atoms with Gasteiger partial charge in [-0.3, -0.25) is 9.78 Å². The summed E-state index contributed by atoms with van der Waals surface area (Å²) in [5.74, 6) is -0.0515. The highest BCUT2D eigenvalue weighted by atomic mass is 16.2. The van der Waals surface area contributed by atoms with Gasteiger partial charge in [0, 0.05) is 18.9 Å². The minimum absolute atomic E-state index is 0.000891. The van der Waals surface area contributed by atoms with Crippen molar-refractivity contribution in [2.24, 2.45) is 5.73 Å². The van der Waals surface area contributed by atoms with Crippen LogP contribution in [0.1, 0.15) is 29.6 Å². The molecule has 3 rings (SSSR count). The van der Waals surface area contributed by atoms with Crippen LogP contribution in [-0.2, 0) is 4.79 Å². The van der Waals surface area contributed by atoms with Gasteiger partial charge in [-0.1, -0.05) is 48.6 Å². The number of hydrogen-bond donors (Lipinski definition) is 1. The average molecular weight is 293 g/mol. The molecule has 2 atom stereocenters. The van der Waals surface area contributed by atoms with Crippen LogP contribution in [0.25, 0.3) is 0 Å². The molecule has 2 heterocycles. The first-order chi connectivity index (χ1) is 10.8. The summed E-state index contributed by atoms with van der Waals surface area (Å²) in [4.78, 5) is 18.8. The number of hydrogen-bond acceptors (Lipinski definition) is 3. The molecule has 2 aromatic rings. The smallest absolute Gasteiger partial charge is 0.244 e. The van der Waals surface area contributed by atoms with Crippen LogP contribution in [0.4, 0.5) is 0 Å². The van der Waals surface area contributed by atoms with Crippen molar-refractivity contribution in [2.75, 3.05) is 6.54 Å². The Morgan fingerprint density at radius 3 is 2.73 bits per heavy atom. The molecular weight excluding hydrogens is 274 g/mol. The van der Waals surface area contributed by atoms with Crippen LogP contribution in [0.5, 0.6) is 0 Å². The highest BCUT2D eigenvalue weighted by Gasteiger charge is 2.29. The summed E-state index contributed by atoms with van der Waals surface area (Å²) in [7, 11) is 0. The molecule has 4 heteroatoms. The summed E-state index contributed by atoms with van der Waals surface area (Å²) in [6.07, 6.45) is 8.47. The fraction of sp³-hybridized carbons (Fsp3) is 0.222. The molecule has 2 N–H and O–H groups in total. The van der Waals surface area contributed by atoms with Crippen molar-refractivity contribution in [3.05, 3.63) is 78.1 Å². The first kappa shape index (κ1) is 14.5. The summed E-state index contributed by atoms with van der Waals surface area (Å²) in [6, 6.07) is 12.8. The van der Waals surface area contributed by atoms with Crippen molar-refractivity contribution in [1.29, 1.82) is 0 Å². The number of nitrogens with zero attached hydrogens (tertiary/aromatic N) is 2. The Bertz CT molecular complexity index is 655. The fourth-order valence-electron chi connectivity index (χ4n) is 2.78. The maximum absolute atomic E-state index is 12.8. The second-order valence-electron chi connectivity index (χ2n) is 5.39. The summed E-state index contributed by atoms with van der Waals surface area (Å²) in [6.45, 7) is 0.582. The molecule has 1 amide bonds. The number of carbonyl (C=O) groups excluding carboxylic acids is 1. The lowest BCUT2D eigenvalue weighted by atomic mass is 9.98. The van der Waals surface area contributed by atoms with Gasteiger partial charge in [-0.15, -0.1) is 0 Å². The lowest BCUT2D eigenvalue weighted by molar-refractivity contribution is -0.134. The molecule has 0 saturated heterocycles. The molecule has 1 aromatic carbocycles. The number of benzene rings is 1. The van der Waals surface area contributed by atoms with Crippen molar-refractivity contribution in [3.8, 4) is 0 Å². The van der Waals surface area contributed by atoms with E-state index < -0.39 is 6.04 Å². The monoisotopic (exact) mass is 293 g/mol. The average Bonchev–Trinajstić information content (AvgIpc) is 2.62. The van der Waals surface area contributed by atoms with Gasteiger partial charge in [-0.2, -0.15) is 0 Å². The van der Waals surface area contributed by atoms with Crippen LogP contribution in [0.3, 0.4) is 0 Å². The van der Waals surface area contributed by atoms with E-state index in [2.05, 4.69) is 11.1 Å². The van der Waals surface area contributed by atoms with Crippen LogP contribution < -0.4 is 5.73 Å². The Kier molecular flexibility index (Phi) is 4.30. The maximum Gasteiger partial charge on any atom is 0.244 e. The van der Waals surface area contributed by atoms with Gasteiger partial charge in [-0.05, 0) is 23.6 Å².